The van der Waals surface area contributed by atoms with E-state index in [1.165, 1.54) is 24.0 Å². The standard InChI is InChI=1S/C19H16ClN3O5/c1-13(18(24)22(11-5-10-21)15-6-3-2-4-7-15)28-19(25)14-8-9-16(20)17(12-14)23(26)27/h2-4,6-9,12-13H,5,11H2,1H3/t13-/m1/s1. The molecule has 2 aromatic rings. The maximum Gasteiger partial charge on any atom is 0.339 e. The van der Waals surface area contributed by atoms with E-state index in [1.807, 2.05) is 6.07 Å². The van der Waals surface area contributed by atoms with Crippen LogP contribution in [0, 0.1) is 21.4 Å². The number of anilines is 1. The first-order chi connectivity index (χ1) is 13.3. The van der Waals surface area contributed by atoms with Gasteiger partial charge in [-0.15, -0.1) is 0 Å². The summed E-state index contributed by atoms with van der Waals surface area (Å²) in [6.07, 6.45) is -1.06. The number of ether oxygens (including phenoxy) is 1. The number of nitrogens with zero attached hydrogens (tertiary/aromatic N) is 3. The van der Waals surface area contributed by atoms with Crippen LogP contribution in [-0.4, -0.2) is 29.4 Å². The van der Waals surface area contributed by atoms with E-state index in [0.717, 1.165) is 6.07 Å². The molecule has 0 spiro atoms. The van der Waals surface area contributed by atoms with Crippen LogP contribution in [0.2, 0.25) is 5.02 Å². The van der Waals surface area contributed by atoms with Gasteiger partial charge in [0.1, 0.15) is 5.02 Å². The molecule has 0 N–H and O–H groups in total. The predicted molar refractivity (Wildman–Crippen MR) is 102 cm³/mol. The van der Waals surface area contributed by atoms with Crippen LogP contribution >= 0.6 is 11.6 Å². The first-order valence-electron chi connectivity index (χ1n) is 8.23. The van der Waals surface area contributed by atoms with E-state index in [4.69, 9.17) is 21.6 Å². The molecule has 0 aliphatic rings. The number of nitro groups is 1. The molecule has 0 aliphatic heterocycles. The summed E-state index contributed by atoms with van der Waals surface area (Å²) in [6.45, 7) is 1.53. The second-order valence-electron chi connectivity index (χ2n) is 5.70. The topological polar surface area (TPSA) is 114 Å². The molecule has 2 rings (SSSR count). The van der Waals surface area contributed by atoms with E-state index in [9.17, 15) is 19.7 Å². The summed E-state index contributed by atoms with van der Waals surface area (Å²) in [7, 11) is 0. The van der Waals surface area contributed by atoms with E-state index >= 15 is 0 Å². The Morgan fingerprint density at radius 1 is 1.29 bits per heavy atom. The molecule has 0 fully saturated rings. The number of rotatable bonds is 7. The van der Waals surface area contributed by atoms with Gasteiger partial charge in [0.05, 0.1) is 23.0 Å². The third-order valence-electron chi connectivity index (χ3n) is 3.79. The Morgan fingerprint density at radius 2 is 1.96 bits per heavy atom. The zero-order valence-electron chi connectivity index (χ0n) is 14.9. The Balaban J connectivity index is 2.17. The largest absolute Gasteiger partial charge is 0.449 e. The molecule has 0 aliphatic carbocycles. The summed E-state index contributed by atoms with van der Waals surface area (Å²) >= 11 is 5.73. The first-order valence-corrected chi connectivity index (χ1v) is 8.61. The zero-order valence-corrected chi connectivity index (χ0v) is 15.6. The van der Waals surface area contributed by atoms with Crippen molar-refractivity contribution in [2.45, 2.75) is 19.4 Å². The fourth-order valence-electron chi connectivity index (χ4n) is 2.41. The molecule has 0 saturated heterocycles. The molecule has 8 nitrogen and oxygen atoms in total. The lowest BCUT2D eigenvalue weighted by molar-refractivity contribution is -0.384. The molecular formula is C19H16ClN3O5. The van der Waals surface area contributed by atoms with Gasteiger partial charge in [-0.1, -0.05) is 29.8 Å². The Hall–Kier alpha value is -3.44. The number of carbonyl (C=O) groups excluding carboxylic acids is 2. The number of para-hydroxylation sites is 1. The van der Waals surface area contributed by atoms with E-state index in [1.54, 1.807) is 30.3 Å². The minimum Gasteiger partial charge on any atom is -0.449 e. The minimum absolute atomic E-state index is 0.0981. The van der Waals surface area contributed by atoms with Crippen molar-refractivity contribution in [2.75, 3.05) is 11.4 Å². The van der Waals surface area contributed by atoms with Crippen LogP contribution < -0.4 is 4.90 Å². The summed E-state index contributed by atoms with van der Waals surface area (Å²) in [5.41, 5.74) is 0.0295. The highest BCUT2D eigenvalue weighted by Gasteiger charge is 2.26. The number of carbonyl (C=O) groups is 2. The fraction of sp³-hybridized carbons (Fsp3) is 0.211. The molecule has 0 bridgehead atoms. The van der Waals surface area contributed by atoms with Crippen LogP contribution in [0.4, 0.5) is 11.4 Å². The molecule has 0 radical (unpaired) electrons. The summed E-state index contributed by atoms with van der Waals surface area (Å²) in [4.78, 5) is 36.7. The van der Waals surface area contributed by atoms with Gasteiger partial charge < -0.3 is 9.64 Å². The number of hydrogen-bond acceptors (Lipinski definition) is 6. The van der Waals surface area contributed by atoms with Gasteiger partial charge in [0.25, 0.3) is 11.6 Å². The van der Waals surface area contributed by atoms with Crippen LogP contribution in [0.1, 0.15) is 23.7 Å². The van der Waals surface area contributed by atoms with Crippen molar-refractivity contribution in [3.63, 3.8) is 0 Å². The number of benzene rings is 2. The lowest BCUT2D eigenvalue weighted by Gasteiger charge is -2.25. The van der Waals surface area contributed by atoms with Crippen molar-refractivity contribution >= 4 is 34.9 Å². The van der Waals surface area contributed by atoms with Crippen LogP contribution in [0.25, 0.3) is 0 Å². The highest BCUT2D eigenvalue weighted by atomic mass is 35.5. The normalized spacial score (nSPS) is 11.2. The predicted octanol–water partition coefficient (Wildman–Crippen LogP) is 3.74. The van der Waals surface area contributed by atoms with E-state index in [-0.39, 0.29) is 23.6 Å². The lowest BCUT2D eigenvalue weighted by atomic mass is 10.2. The van der Waals surface area contributed by atoms with Gasteiger partial charge in [0, 0.05) is 18.3 Å². The molecule has 0 unspecified atom stereocenters. The van der Waals surface area contributed by atoms with Crippen molar-refractivity contribution in [3.8, 4) is 6.07 Å². The molecule has 1 atom stereocenters. The average Bonchev–Trinajstić information content (AvgIpc) is 2.68. The molecule has 0 heterocycles. The van der Waals surface area contributed by atoms with Crippen LogP contribution in [0.5, 0.6) is 0 Å². The maximum atomic E-state index is 12.8. The van der Waals surface area contributed by atoms with Gasteiger partial charge in [0.2, 0.25) is 0 Å². The van der Waals surface area contributed by atoms with E-state index < -0.39 is 28.6 Å². The molecule has 144 valence electrons. The lowest BCUT2D eigenvalue weighted by Crippen LogP contribution is -2.40. The highest BCUT2D eigenvalue weighted by molar-refractivity contribution is 6.32. The number of nitriles is 1. The fourth-order valence-corrected chi connectivity index (χ4v) is 2.60. The maximum absolute atomic E-state index is 12.8. The molecule has 2 aromatic carbocycles. The molecular weight excluding hydrogens is 386 g/mol. The summed E-state index contributed by atoms with van der Waals surface area (Å²) in [5, 5.41) is 19.7. The monoisotopic (exact) mass is 401 g/mol. The average molecular weight is 402 g/mol. The van der Waals surface area contributed by atoms with Gasteiger partial charge in [-0.2, -0.15) is 5.26 Å². The minimum atomic E-state index is -1.17. The molecule has 9 heteroatoms. The number of hydrogen-bond donors (Lipinski definition) is 0. The van der Waals surface area contributed by atoms with Gasteiger partial charge in [-0.3, -0.25) is 14.9 Å². The second kappa shape index (κ2) is 9.48. The van der Waals surface area contributed by atoms with Crippen molar-refractivity contribution in [2.24, 2.45) is 0 Å². The van der Waals surface area contributed by atoms with Crippen molar-refractivity contribution in [3.05, 3.63) is 69.2 Å². The SMILES string of the molecule is C[C@@H](OC(=O)c1ccc(Cl)c([N+](=O)[O-])c1)C(=O)N(CCC#N)c1ccccc1. The summed E-state index contributed by atoms with van der Waals surface area (Å²) in [6, 6.07) is 14.1. The number of esters is 1. The smallest absolute Gasteiger partial charge is 0.339 e. The number of halogens is 1. The zero-order chi connectivity index (χ0) is 20.7. The summed E-state index contributed by atoms with van der Waals surface area (Å²) in [5.74, 6) is -1.41. The van der Waals surface area contributed by atoms with Gasteiger partial charge >= 0.3 is 5.97 Å². The third kappa shape index (κ3) is 5.05. The van der Waals surface area contributed by atoms with Gasteiger partial charge in [-0.25, -0.2) is 4.79 Å². The Kier molecular flexibility index (Phi) is 7.07. The first kappa shape index (κ1) is 20.9. The van der Waals surface area contributed by atoms with Gasteiger partial charge in [0.15, 0.2) is 6.10 Å². The van der Waals surface area contributed by atoms with Crippen molar-refractivity contribution in [1.29, 1.82) is 5.26 Å². The molecule has 1 amide bonds. The Labute approximate surface area is 166 Å². The van der Waals surface area contributed by atoms with Crippen LogP contribution in [-0.2, 0) is 9.53 Å². The van der Waals surface area contributed by atoms with Crippen molar-refractivity contribution in [1.82, 2.24) is 0 Å². The van der Waals surface area contributed by atoms with E-state index in [0.29, 0.717) is 5.69 Å². The molecule has 0 aromatic heterocycles. The van der Waals surface area contributed by atoms with E-state index in [2.05, 4.69) is 0 Å². The second-order valence-corrected chi connectivity index (χ2v) is 6.11. The third-order valence-corrected chi connectivity index (χ3v) is 4.11. The number of nitro benzene ring substituents is 1. The Morgan fingerprint density at radius 3 is 2.57 bits per heavy atom. The quantitative estimate of drug-likeness (QED) is 0.396. The summed E-state index contributed by atoms with van der Waals surface area (Å²) < 4.78 is 5.18. The van der Waals surface area contributed by atoms with Crippen LogP contribution in [0.3, 0.4) is 0 Å². The van der Waals surface area contributed by atoms with Crippen LogP contribution in [0.15, 0.2) is 48.5 Å². The highest BCUT2D eigenvalue weighted by Crippen LogP contribution is 2.25. The van der Waals surface area contributed by atoms with Gasteiger partial charge in [-0.05, 0) is 31.2 Å². The molecule has 28 heavy (non-hydrogen) atoms. The Bertz CT molecular complexity index is 927. The van der Waals surface area contributed by atoms with Crippen molar-refractivity contribution < 1.29 is 19.2 Å². The molecule has 0 saturated carbocycles. The number of amides is 1.